The summed E-state index contributed by atoms with van der Waals surface area (Å²) in [5.74, 6) is -1.68. The zero-order chi connectivity index (χ0) is 23.6. The quantitative estimate of drug-likeness (QED) is 0.717. The number of carbonyl (C=O) groups excluding carboxylic acids is 1. The number of methoxy groups -OCH3 is 2. The molecule has 1 heterocycles. The minimum atomic E-state index is -5.10. The summed E-state index contributed by atoms with van der Waals surface area (Å²) in [5.41, 5.74) is 0.892. The highest BCUT2D eigenvalue weighted by atomic mass is 19.4. The molecule has 2 amide bonds. The van der Waals surface area contributed by atoms with E-state index >= 15 is 0 Å². The van der Waals surface area contributed by atoms with Crippen molar-refractivity contribution in [3.8, 4) is 11.5 Å². The predicted molar refractivity (Wildman–Crippen MR) is 110 cm³/mol. The molecule has 0 fully saturated rings. The minimum absolute atomic E-state index is 0.0224. The summed E-state index contributed by atoms with van der Waals surface area (Å²) in [6.45, 7) is 1.48. The second kappa shape index (κ2) is 8.97. The average molecular weight is 452 g/mol. The zero-order valence-corrected chi connectivity index (χ0v) is 17.7. The van der Waals surface area contributed by atoms with E-state index < -0.39 is 30.3 Å². The molecule has 32 heavy (non-hydrogen) atoms. The van der Waals surface area contributed by atoms with Gasteiger partial charge in [0.25, 0.3) is 0 Å². The van der Waals surface area contributed by atoms with E-state index in [1.807, 2.05) is 0 Å². The van der Waals surface area contributed by atoms with E-state index in [1.165, 1.54) is 33.3 Å². The third-order valence-electron chi connectivity index (χ3n) is 5.44. The van der Waals surface area contributed by atoms with Gasteiger partial charge in [0.15, 0.2) is 11.5 Å². The van der Waals surface area contributed by atoms with Crippen LogP contribution in [0.25, 0.3) is 0 Å². The van der Waals surface area contributed by atoms with Crippen LogP contribution in [0.15, 0.2) is 42.5 Å². The fraction of sp³-hybridized carbons (Fsp3) is 0.364. The number of nitrogens with zero attached hydrogens (tertiary/aromatic N) is 2. The largest absolute Gasteiger partial charge is 0.493 e. The molecule has 1 N–H and O–H groups in total. The van der Waals surface area contributed by atoms with Crippen molar-refractivity contribution in [2.75, 3.05) is 19.1 Å². The third-order valence-corrected chi connectivity index (χ3v) is 5.44. The molecule has 0 radical (unpaired) electrons. The number of amides is 2. The van der Waals surface area contributed by atoms with Gasteiger partial charge in [-0.05, 0) is 25.0 Å². The summed E-state index contributed by atoms with van der Waals surface area (Å²) in [5, 5.41) is 9.94. The van der Waals surface area contributed by atoms with Gasteiger partial charge in [0, 0.05) is 24.2 Å². The van der Waals surface area contributed by atoms with Crippen molar-refractivity contribution in [1.82, 2.24) is 4.90 Å². The number of carbonyl (C=O) groups is 2. The van der Waals surface area contributed by atoms with Crippen molar-refractivity contribution in [3.05, 3.63) is 53.6 Å². The monoisotopic (exact) mass is 452 g/mol. The number of anilines is 1. The fourth-order valence-electron chi connectivity index (χ4n) is 3.98. The average Bonchev–Trinajstić information content (AvgIpc) is 2.75. The van der Waals surface area contributed by atoms with Crippen LogP contribution < -0.4 is 14.4 Å². The number of benzene rings is 2. The van der Waals surface area contributed by atoms with E-state index in [0.717, 1.165) is 10.5 Å². The van der Waals surface area contributed by atoms with Crippen molar-refractivity contribution in [1.29, 1.82) is 0 Å². The molecule has 2 aromatic rings. The molecule has 172 valence electrons. The Kier molecular flexibility index (Phi) is 6.52. The molecule has 0 aliphatic carbocycles. The maximum atomic E-state index is 13.3. The first-order valence-corrected chi connectivity index (χ1v) is 9.78. The Morgan fingerprint density at radius 2 is 1.72 bits per heavy atom. The Balaban J connectivity index is 2.16. The van der Waals surface area contributed by atoms with Gasteiger partial charge < -0.3 is 19.5 Å². The second-order valence-corrected chi connectivity index (χ2v) is 7.44. The van der Waals surface area contributed by atoms with Gasteiger partial charge in [-0.2, -0.15) is 13.2 Å². The molecule has 1 aliphatic heterocycles. The Hall–Kier alpha value is -3.43. The van der Waals surface area contributed by atoms with E-state index in [9.17, 15) is 27.9 Å². The molecule has 2 atom stereocenters. The van der Waals surface area contributed by atoms with Crippen molar-refractivity contribution < 1.29 is 37.3 Å². The number of fused-ring (bicyclic) bond motifs is 1. The Morgan fingerprint density at radius 1 is 1.12 bits per heavy atom. The van der Waals surface area contributed by atoms with Gasteiger partial charge in [-0.1, -0.05) is 30.3 Å². The first-order valence-electron chi connectivity index (χ1n) is 9.78. The van der Waals surface area contributed by atoms with Gasteiger partial charge in [-0.3, -0.25) is 9.69 Å². The number of carboxylic acid groups (broad SMARTS) is 1. The molecule has 10 heteroatoms. The highest BCUT2D eigenvalue weighted by Crippen LogP contribution is 2.47. The lowest BCUT2D eigenvalue weighted by Gasteiger charge is -2.43. The van der Waals surface area contributed by atoms with Crippen LogP contribution in [0.1, 0.15) is 30.5 Å². The van der Waals surface area contributed by atoms with Crippen molar-refractivity contribution >= 4 is 17.7 Å². The van der Waals surface area contributed by atoms with Crippen molar-refractivity contribution in [2.45, 2.75) is 38.1 Å². The molecule has 2 aromatic carbocycles. The summed E-state index contributed by atoms with van der Waals surface area (Å²) in [4.78, 5) is 26.2. The summed E-state index contributed by atoms with van der Waals surface area (Å²) in [7, 11) is 2.69. The van der Waals surface area contributed by atoms with Gasteiger partial charge >= 0.3 is 18.2 Å². The van der Waals surface area contributed by atoms with Gasteiger partial charge in [-0.15, -0.1) is 0 Å². The molecule has 0 aromatic heterocycles. The maximum Gasteiger partial charge on any atom is 0.471 e. The summed E-state index contributed by atoms with van der Waals surface area (Å²) < 4.78 is 50.5. The standard InChI is InChI=1S/C22H23F3N2O5/c1-13-9-16(26(21(29)30)12-14-7-5-4-6-8-14)15-10-18(31-2)19(32-3)11-17(15)27(13)20(28)22(23,24)25/h4-8,10-11,13,16H,9,12H2,1-3H3,(H,29,30). The van der Waals surface area contributed by atoms with E-state index in [-0.39, 0.29) is 35.7 Å². The number of alkyl halides is 3. The van der Waals surface area contributed by atoms with E-state index in [0.29, 0.717) is 4.90 Å². The van der Waals surface area contributed by atoms with Gasteiger partial charge in [0.2, 0.25) is 0 Å². The Morgan fingerprint density at radius 3 is 2.25 bits per heavy atom. The van der Waals surface area contributed by atoms with Crippen LogP contribution in [0.2, 0.25) is 0 Å². The van der Waals surface area contributed by atoms with Crippen LogP contribution in [0.5, 0.6) is 11.5 Å². The molecule has 2 unspecified atom stereocenters. The van der Waals surface area contributed by atoms with Crippen LogP contribution in [0.3, 0.4) is 0 Å². The molecular formula is C22H23F3N2O5. The number of rotatable bonds is 5. The fourth-order valence-corrected chi connectivity index (χ4v) is 3.98. The van der Waals surface area contributed by atoms with Crippen LogP contribution in [0, 0.1) is 0 Å². The SMILES string of the molecule is COc1cc2c(cc1OC)N(C(=O)C(F)(F)F)C(C)CC2N(Cc1ccccc1)C(=O)O. The van der Waals surface area contributed by atoms with E-state index in [2.05, 4.69) is 0 Å². The van der Waals surface area contributed by atoms with Crippen LogP contribution in [-0.4, -0.2) is 48.4 Å². The van der Waals surface area contributed by atoms with Crippen molar-refractivity contribution in [2.24, 2.45) is 0 Å². The molecular weight excluding hydrogens is 429 g/mol. The van der Waals surface area contributed by atoms with E-state index in [1.54, 1.807) is 30.3 Å². The molecule has 0 spiro atoms. The molecule has 1 aliphatic rings. The summed E-state index contributed by atoms with van der Waals surface area (Å²) >= 11 is 0. The first-order chi connectivity index (χ1) is 15.1. The normalized spacial score (nSPS) is 18.0. The summed E-state index contributed by atoms with van der Waals surface area (Å²) in [6.07, 6.45) is -6.35. The second-order valence-electron chi connectivity index (χ2n) is 7.44. The Labute approximate surface area is 182 Å². The van der Waals surface area contributed by atoms with E-state index in [4.69, 9.17) is 9.47 Å². The lowest BCUT2D eigenvalue weighted by atomic mass is 9.89. The molecule has 3 rings (SSSR count). The lowest BCUT2D eigenvalue weighted by Crippen LogP contribution is -2.51. The van der Waals surface area contributed by atoms with Crippen LogP contribution >= 0.6 is 0 Å². The van der Waals surface area contributed by atoms with Crippen LogP contribution in [-0.2, 0) is 11.3 Å². The lowest BCUT2D eigenvalue weighted by molar-refractivity contribution is -0.171. The number of hydrogen-bond acceptors (Lipinski definition) is 4. The number of hydrogen-bond donors (Lipinski definition) is 1. The number of ether oxygens (including phenoxy) is 2. The zero-order valence-electron chi connectivity index (χ0n) is 17.7. The smallest absolute Gasteiger partial charge is 0.471 e. The first kappa shape index (κ1) is 23.2. The van der Waals surface area contributed by atoms with Crippen molar-refractivity contribution in [3.63, 3.8) is 0 Å². The highest BCUT2D eigenvalue weighted by molar-refractivity contribution is 5.99. The van der Waals surface area contributed by atoms with Gasteiger partial charge in [0.05, 0.1) is 25.9 Å². The topological polar surface area (TPSA) is 79.3 Å². The predicted octanol–water partition coefficient (Wildman–Crippen LogP) is 4.61. The number of halogens is 3. The van der Waals surface area contributed by atoms with Crippen LogP contribution in [0.4, 0.5) is 23.7 Å². The Bertz CT molecular complexity index is 997. The molecule has 0 saturated heterocycles. The van der Waals surface area contributed by atoms with Gasteiger partial charge in [0.1, 0.15) is 0 Å². The minimum Gasteiger partial charge on any atom is -0.493 e. The summed E-state index contributed by atoms with van der Waals surface area (Å²) in [6, 6.07) is 9.84. The molecule has 0 saturated carbocycles. The maximum absolute atomic E-state index is 13.3. The third kappa shape index (κ3) is 4.44. The molecule has 7 nitrogen and oxygen atoms in total. The highest BCUT2D eigenvalue weighted by Gasteiger charge is 2.48. The molecule has 0 bridgehead atoms. The van der Waals surface area contributed by atoms with Gasteiger partial charge in [-0.25, -0.2) is 4.79 Å².